The van der Waals surface area contributed by atoms with Gasteiger partial charge in [0.05, 0.1) is 22.4 Å². The molecule has 1 saturated heterocycles. The van der Waals surface area contributed by atoms with Crippen LogP contribution in [-0.4, -0.2) is 43.2 Å². The average molecular weight is 527 g/mol. The van der Waals surface area contributed by atoms with Crippen LogP contribution in [0.25, 0.3) is 0 Å². The molecular formula is C28H31ClN2O4S. The Labute approximate surface area is 218 Å². The molecule has 1 amide bonds. The highest BCUT2D eigenvalue weighted by Crippen LogP contribution is 2.31. The number of ether oxygens (including phenoxy) is 1. The maximum Gasteiger partial charge on any atom is 0.243 e. The van der Waals surface area contributed by atoms with Crippen molar-refractivity contribution < 1.29 is 17.9 Å². The van der Waals surface area contributed by atoms with Crippen molar-refractivity contribution in [3.8, 4) is 5.75 Å². The van der Waals surface area contributed by atoms with Crippen LogP contribution in [0.5, 0.6) is 5.75 Å². The molecule has 0 saturated carbocycles. The Balaban J connectivity index is 1.53. The normalized spacial score (nSPS) is 16.4. The van der Waals surface area contributed by atoms with E-state index in [9.17, 15) is 13.2 Å². The van der Waals surface area contributed by atoms with Crippen LogP contribution in [0.1, 0.15) is 30.9 Å². The second kappa shape index (κ2) is 11.9. The molecule has 0 radical (unpaired) electrons. The van der Waals surface area contributed by atoms with Crippen molar-refractivity contribution in [2.75, 3.05) is 19.7 Å². The van der Waals surface area contributed by atoms with Crippen molar-refractivity contribution in [2.24, 2.45) is 5.92 Å². The molecule has 1 heterocycles. The Bertz CT molecular complexity index is 1230. The lowest BCUT2D eigenvalue weighted by atomic mass is 9.97. The number of carbonyl (C=O) groups is 1. The maximum absolute atomic E-state index is 13.8. The van der Waals surface area contributed by atoms with Crippen LogP contribution < -0.4 is 4.74 Å². The van der Waals surface area contributed by atoms with Gasteiger partial charge >= 0.3 is 0 Å². The summed E-state index contributed by atoms with van der Waals surface area (Å²) >= 11 is 6.26. The van der Waals surface area contributed by atoms with Crippen molar-refractivity contribution in [3.63, 3.8) is 0 Å². The third-order valence-corrected chi connectivity index (χ3v) is 8.48. The second-order valence-electron chi connectivity index (χ2n) is 8.89. The number of hydrogen-bond acceptors (Lipinski definition) is 4. The van der Waals surface area contributed by atoms with Gasteiger partial charge in [-0.15, -0.1) is 0 Å². The van der Waals surface area contributed by atoms with Crippen molar-refractivity contribution >= 4 is 27.5 Å². The molecule has 3 aromatic carbocycles. The molecule has 1 fully saturated rings. The predicted molar refractivity (Wildman–Crippen MR) is 141 cm³/mol. The molecule has 4 rings (SSSR count). The highest BCUT2D eigenvalue weighted by atomic mass is 35.5. The van der Waals surface area contributed by atoms with E-state index < -0.39 is 15.9 Å². The van der Waals surface area contributed by atoms with Crippen molar-refractivity contribution in [2.45, 2.75) is 37.8 Å². The van der Waals surface area contributed by atoms with E-state index in [2.05, 4.69) is 0 Å². The van der Waals surface area contributed by atoms with E-state index in [0.717, 1.165) is 11.1 Å². The lowest BCUT2D eigenvalue weighted by molar-refractivity contribution is -0.138. The molecule has 0 aromatic heterocycles. The fourth-order valence-corrected chi connectivity index (χ4v) is 6.35. The first kappa shape index (κ1) is 26.2. The summed E-state index contributed by atoms with van der Waals surface area (Å²) in [6.07, 6.45) is 1.26. The molecule has 0 aliphatic carbocycles. The Kier molecular flexibility index (Phi) is 8.67. The predicted octanol–water partition coefficient (Wildman–Crippen LogP) is 5.37. The van der Waals surface area contributed by atoms with E-state index in [1.165, 1.54) is 16.4 Å². The first-order valence-electron chi connectivity index (χ1n) is 12.2. The van der Waals surface area contributed by atoms with Crippen LogP contribution in [0.4, 0.5) is 0 Å². The Morgan fingerprint density at radius 1 is 1.00 bits per heavy atom. The van der Waals surface area contributed by atoms with Gasteiger partial charge < -0.3 is 9.64 Å². The topological polar surface area (TPSA) is 66.9 Å². The molecule has 0 spiro atoms. The third kappa shape index (κ3) is 6.27. The number of amides is 1. The summed E-state index contributed by atoms with van der Waals surface area (Å²) in [7, 11) is -3.80. The van der Waals surface area contributed by atoms with Gasteiger partial charge in [0.25, 0.3) is 0 Å². The summed E-state index contributed by atoms with van der Waals surface area (Å²) in [5.41, 5.74) is 2.07. The number of rotatable bonds is 9. The summed E-state index contributed by atoms with van der Waals surface area (Å²) in [4.78, 5) is 15.7. The summed E-state index contributed by atoms with van der Waals surface area (Å²) in [6.45, 7) is 3.72. The first-order chi connectivity index (χ1) is 17.4. The molecule has 0 bridgehead atoms. The fraction of sp³-hybridized carbons (Fsp3) is 0.321. The number of sulfonamides is 1. The number of carbonyl (C=O) groups excluding carboxylic acids is 1. The van der Waals surface area contributed by atoms with Crippen LogP contribution in [0.3, 0.4) is 0 Å². The summed E-state index contributed by atoms with van der Waals surface area (Å²) in [6, 6.07) is 24.2. The molecule has 1 atom stereocenters. The van der Waals surface area contributed by atoms with Gasteiger partial charge in [0, 0.05) is 26.2 Å². The molecule has 0 unspecified atom stereocenters. The number of hydrogen-bond donors (Lipinski definition) is 0. The quantitative estimate of drug-likeness (QED) is 0.376. The molecule has 1 aliphatic rings. The summed E-state index contributed by atoms with van der Waals surface area (Å²) < 4.78 is 33.7. The molecule has 190 valence electrons. The number of nitrogens with zero attached hydrogens (tertiary/aromatic N) is 2. The summed E-state index contributed by atoms with van der Waals surface area (Å²) in [5.74, 6) is -0.00580. The van der Waals surface area contributed by atoms with Gasteiger partial charge in [-0.2, -0.15) is 4.31 Å². The standard InChI is InChI=1S/C28H31ClN2O4S/c1-2-35-27-16-15-25(18-26(27)29)36(33,34)31-17-9-14-24(21-31)28(32)30(19-22-10-5-3-6-11-22)20-23-12-7-4-8-13-23/h3-8,10-13,15-16,18,24H,2,9,14,17,19-21H2,1H3/t24-/m1/s1. The van der Waals surface area contributed by atoms with E-state index >= 15 is 0 Å². The molecule has 1 aliphatic heterocycles. The van der Waals surface area contributed by atoms with E-state index in [0.29, 0.717) is 44.8 Å². The van der Waals surface area contributed by atoms with Crippen LogP contribution in [0, 0.1) is 5.92 Å². The van der Waals surface area contributed by atoms with E-state index in [1.54, 1.807) is 6.07 Å². The minimum absolute atomic E-state index is 0.0349. The zero-order chi connectivity index (χ0) is 25.5. The van der Waals surface area contributed by atoms with Gasteiger partial charge in [-0.3, -0.25) is 4.79 Å². The molecule has 8 heteroatoms. The molecule has 0 N–H and O–H groups in total. The Morgan fingerprint density at radius 3 is 2.17 bits per heavy atom. The minimum atomic E-state index is -3.80. The largest absolute Gasteiger partial charge is 0.492 e. The maximum atomic E-state index is 13.8. The minimum Gasteiger partial charge on any atom is -0.492 e. The van der Waals surface area contributed by atoms with Crippen molar-refractivity contribution in [1.29, 1.82) is 0 Å². The molecular weight excluding hydrogens is 496 g/mol. The third-order valence-electron chi connectivity index (χ3n) is 6.32. The van der Waals surface area contributed by atoms with Crippen molar-refractivity contribution in [3.05, 3.63) is 95.0 Å². The van der Waals surface area contributed by atoms with Crippen LogP contribution >= 0.6 is 11.6 Å². The highest BCUT2D eigenvalue weighted by Gasteiger charge is 2.35. The number of halogens is 1. The molecule has 3 aromatic rings. The zero-order valence-electron chi connectivity index (χ0n) is 20.3. The van der Waals surface area contributed by atoms with Gasteiger partial charge in [-0.25, -0.2) is 8.42 Å². The highest BCUT2D eigenvalue weighted by molar-refractivity contribution is 7.89. The number of benzene rings is 3. The lowest BCUT2D eigenvalue weighted by Gasteiger charge is -2.34. The van der Waals surface area contributed by atoms with Crippen LogP contribution in [0.2, 0.25) is 5.02 Å². The SMILES string of the molecule is CCOc1ccc(S(=O)(=O)N2CCC[C@@H](C(=O)N(Cc3ccccc3)Cc3ccccc3)C2)cc1Cl. The lowest BCUT2D eigenvalue weighted by Crippen LogP contribution is -2.46. The van der Waals surface area contributed by atoms with Crippen molar-refractivity contribution in [1.82, 2.24) is 9.21 Å². The molecule has 6 nitrogen and oxygen atoms in total. The second-order valence-corrected chi connectivity index (χ2v) is 11.2. The smallest absolute Gasteiger partial charge is 0.243 e. The first-order valence-corrected chi connectivity index (χ1v) is 14.0. The number of piperidine rings is 1. The Morgan fingerprint density at radius 2 is 1.61 bits per heavy atom. The van der Waals surface area contributed by atoms with Gasteiger partial charge in [0.15, 0.2) is 0 Å². The van der Waals surface area contributed by atoms with E-state index in [1.807, 2.05) is 72.5 Å². The average Bonchev–Trinajstić information content (AvgIpc) is 2.90. The zero-order valence-corrected chi connectivity index (χ0v) is 21.9. The van der Waals surface area contributed by atoms with Gasteiger partial charge in [0.1, 0.15) is 5.75 Å². The monoisotopic (exact) mass is 526 g/mol. The van der Waals surface area contributed by atoms with Crippen LogP contribution in [0.15, 0.2) is 83.8 Å². The van der Waals surface area contributed by atoms with Gasteiger partial charge in [-0.1, -0.05) is 72.3 Å². The van der Waals surface area contributed by atoms with E-state index in [4.69, 9.17) is 16.3 Å². The fourth-order valence-electron chi connectivity index (χ4n) is 4.50. The van der Waals surface area contributed by atoms with Gasteiger partial charge in [0.2, 0.25) is 15.9 Å². The van der Waals surface area contributed by atoms with Crippen LogP contribution in [-0.2, 0) is 27.9 Å². The summed E-state index contributed by atoms with van der Waals surface area (Å²) in [5, 5.41) is 0.249. The molecule has 36 heavy (non-hydrogen) atoms. The van der Waals surface area contributed by atoms with E-state index in [-0.39, 0.29) is 22.4 Å². The Hall–Kier alpha value is -2.87. The van der Waals surface area contributed by atoms with Gasteiger partial charge in [-0.05, 0) is 49.1 Å².